The molecular formula is C16H21NO2S. The van der Waals surface area contributed by atoms with Gasteiger partial charge in [0.15, 0.2) is 0 Å². The molecule has 0 heterocycles. The van der Waals surface area contributed by atoms with Gasteiger partial charge in [0, 0.05) is 11.6 Å². The molecule has 2 N–H and O–H groups in total. The SMILES string of the molecule is CSCCC(C)NC(=O)c1cc(C)ccc1C#CCO. The van der Waals surface area contributed by atoms with Gasteiger partial charge in [-0.2, -0.15) is 11.8 Å². The predicted octanol–water partition coefficient (Wildman–Crippen LogP) is 2.21. The smallest absolute Gasteiger partial charge is 0.252 e. The van der Waals surface area contributed by atoms with Crippen LogP contribution >= 0.6 is 11.8 Å². The lowest BCUT2D eigenvalue weighted by Gasteiger charge is -2.14. The van der Waals surface area contributed by atoms with Gasteiger partial charge in [-0.1, -0.05) is 23.5 Å². The highest BCUT2D eigenvalue weighted by Crippen LogP contribution is 2.12. The first-order chi connectivity index (χ1) is 9.58. The average Bonchev–Trinajstić information content (AvgIpc) is 2.43. The quantitative estimate of drug-likeness (QED) is 0.818. The number of aliphatic hydroxyl groups is 1. The molecule has 0 aliphatic heterocycles. The molecule has 1 amide bonds. The number of nitrogens with one attached hydrogen (secondary N) is 1. The normalized spacial score (nSPS) is 11.4. The highest BCUT2D eigenvalue weighted by molar-refractivity contribution is 7.98. The van der Waals surface area contributed by atoms with Gasteiger partial charge in [-0.05, 0) is 44.4 Å². The van der Waals surface area contributed by atoms with Crippen LogP contribution in [0.15, 0.2) is 18.2 Å². The Hall–Kier alpha value is -1.44. The van der Waals surface area contributed by atoms with Crippen molar-refractivity contribution in [2.75, 3.05) is 18.6 Å². The van der Waals surface area contributed by atoms with Crippen LogP contribution in [0.3, 0.4) is 0 Å². The number of hydrogen-bond donors (Lipinski definition) is 2. The second-order valence-corrected chi connectivity index (χ2v) is 5.65. The van der Waals surface area contributed by atoms with Crippen molar-refractivity contribution in [3.63, 3.8) is 0 Å². The van der Waals surface area contributed by atoms with Gasteiger partial charge in [0.05, 0.1) is 5.56 Å². The predicted molar refractivity (Wildman–Crippen MR) is 85.1 cm³/mol. The third-order valence-electron chi connectivity index (χ3n) is 2.85. The van der Waals surface area contributed by atoms with Crippen molar-refractivity contribution < 1.29 is 9.90 Å². The fraction of sp³-hybridized carbons (Fsp3) is 0.438. The van der Waals surface area contributed by atoms with Crippen molar-refractivity contribution in [3.05, 3.63) is 34.9 Å². The van der Waals surface area contributed by atoms with Crippen LogP contribution in [0.5, 0.6) is 0 Å². The van der Waals surface area contributed by atoms with Crippen molar-refractivity contribution in [2.24, 2.45) is 0 Å². The number of rotatable bonds is 5. The van der Waals surface area contributed by atoms with Crippen molar-refractivity contribution in [3.8, 4) is 11.8 Å². The van der Waals surface area contributed by atoms with Crippen molar-refractivity contribution >= 4 is 17.7 Å². The molecule has 1 unspecified atom stereocenters. The zero-order valence-corrected chi connectivity index (χ0v) is 13.0. The Balaban J connectivity index is 2.88. The lowest BCUT2D eigenvalue weighted by Crippen LogP contribution is -2.33. The maximum atomic E-state index is 12.3. The Morgan fingerprint density at radius 2 is 2.25 bits per heavy atom. The first kappa shape index (κ1) is 16.6. The molecule has 0 aliphatic carbocycles. The topological polar surface area (TPSA) is 49.3 Å². The fourth-order valence-corrected chi connectivity index (χ4v) is 2.35. The number of aliphatic hydroxyl groups excluding tert-OH is 1. The van der Waals surface area contributed by atoms with Crippen molar-refractivity contribution in [1.29, 1.82) is 0 Å². The molecule has 1 aromatic carbocycles. The molecule has 0 fully saturated rings. The molecule has 1 aromatic rings. The summed E-state index contributed by atoms with van der Waals surface area (Å²) in [7, 11) is 0. The third kappa shape index (κ3) is 5.28. The first-order valence-electron chi connectivity index (χ1n) is 6.58. The number of carbonyl (C=O) groups excluding carboxylic acids is 1. The van der Waals surface area contributed by atoms with E-state index in [0.29, 0.717) is 11.1 Å². The molecule has 1 atom stereocenters. The number of amides is 1. The molecule has 108 valence electrons. The minimum absolute atomic E-state index is 0.107. The van der Waals surface area contributed by atoms with Crippen LogP contribution in [-0.2, 0) is 0 Å². The van der Waals surface area contributed by atoms with Crippen LogP contribution < -0.4 is 5.32 Å². The summed E-state index contributed by atoms with van der Waals surface area (Å²) >= 11 is 1.77. The van der Waals surface area contributed by atoms with E-state index >= 15 is 0 Å². The summed E-state index contributed by atoms with van der Waals surface area (Å²) < 4.78 is 0. The zero-order valence-electron chi connectivity index (χ0n) is 12.2. The molecule has 0 saturated carbocycles. The second kappa shape index (κ2) is 8.68. The lowest BCUT2D eigenvalue weighted by molar-refractivity contribution is 0.0939. The number of hydrogen-bond acceptors (Lipinski definition) is 3. The minimum atomic E-state index is -0.209. The van der Waals surface area contributed by atoms with E-state index in [1.54, 1.807) is 11.8 Å². The monoisotopic (exact) mass is 291 g/mol. The Morgan fingerprint density at radius 3 is 2.90 bits per heavy atom. The Bertz CT molecular complexity index is 517. The van der Waals surface area contributed by atoms with Gasteiger partial charge in [0.25, 0.3) is 5.91 Å². The van der Waals surface area contributed by atoms with Crippen LogP contribution in [0, 0.1) is 18.8 Å². The van der Waals surface area contributed by atoms with E-state index in [-0.39, 0.29) is 18.6 Å². The standard InChI is InChI=1S/C16H21NO2S/c1-12-6-7-14(5-4-9-18)15(11-12)16(19)17-13(2)8-10-20-3/h6-7,11,13,18H,8-10H2,1-3H3,(H,17,19). The molecule has 0 radical (unpaired) electrons. The summed E-state index contributed by atoms with van der Waals surface area (Å²) in [4.78, 5) is 12.3. The fourth-order valence-electron chi connectivity index (χ4n) is 1.76. The molecular weight excluding hydrogens is 270 g/mol. The highest BCUT2D eigenvalue weighted by Gasteiger charge is 2.13. The summed E-state index contributed by atoms with van der Waals surface area (Å²) in [6, 6.07) is 5.70. The average molecular weight is 291 g/mol. The van der Waals surface area contributed by atoms with Crippen LogP contribution in [0.2, 0.25) is 0 Å². The summed E-state index contributed by atoms with van der Waals surface area (Å²) in [5, 5.41) is 11.8. The largest absolute Gasteiger partial charge is 0.384 e. The van der Waals surface area contributed by atoms with Crippen LogP contribution in [-0.4, -0.2) is 35.7 Å². The van der Waals surface area contributed by atoms with Gasteiger partial charge < -0.3 is 10.4 Å². The van der Waals surface area contributed by atoms with Crippen LogP contribution in [0.25, 0.3) is 0 Å². The van der Waals surface area contributed by atoms with E-state index in [1.807, 2.05) is 32.0 Å². The van der Waals surface area contributed by atoms with Gasteiger partial charge in [-0.3, -0.25) is 4.79 Å². The third-order valence-corrected chi connectivity index (χ3v) is 3.50. The van der Waals surface area contributed by atoms with Gasteiger partial charge in [-0.25, -0.2) is 0 Å². The van der Waals surface area contributed by atoms with Crippen molar-refractivity contribution in [2.45, 2.75) is 26.3 Å². The lowest BCUT2D eigenvalue weighted by atomic mass is 10.0. The summed E-state index contributed by atoms with van der Waals surface area (Å²) in [6.45, 7) is 3.74. The molecule has 0 spiro atoms. The molecule has 0 bridgehead atoms. The maximum absolute atomic E-state index is 12.3. The maximum Gasteiger partial charge on any atom is 0.252 e. The highest BCUT2D eigenvalue weighted by atomic mass is 32.2. The van der Waals surface area contributed by atoms with E-state index in [2.05, 4.69) is 23.4 Å². The Morgan fingerprint density at radius 1 is 1.50 bits per heavy atom. The Labute approximate surface area is 125 Å². The van der Waals surface area contributed by atoms with E-state index in [0.717, 1.165) is 17.7 Å². The number of benzene rings is 1. The molecule has 0 aromatic heterocycles. The van der Waals surface area contributed by atoms with Crippen molar-refractivity contribution in [1.82, 2.24) is 5.32 Å². The molecule has 0 saturated heterocycles. The minimum Gasteiger partial charge on any atom is -0.384 e. The van der Waals surface area contributed by atoms with E-state index in [1.165, 1.54) is 0 Å². The number of aryl methyl sites for hydroxylation is 1. The van der Waals surface area contributed by atoms with E-state index in [9.17, 15) is 4.79 Å². The van der Waals surface area contributed by atoms with E-state index in [4.69, 9.17) is 5.11 Å². The molecule has 0 aliphatic rings. The van der Waals surface area contributed by atoms with E-state index < -0.39 is 0 Å². The zero-order chi connectivity index (χ0) is 15.0. The van der Waals surface area contributed by atoms with Gasteiger partial charge in [0.2, 0.25) is 0 Å². The van der Waals surface area contributed by atoms with Crippen LogP contribution in [0.4, 0.5) is 0 Å². The van der Waals surface area contributed by atoms with Gasteiger partial charge >= 0.3 is 0 Å². The van der Waals surface area contributed by atoms with Crippen LogP contribution in [0.1, 0.15) is 34.8 Å². The Kier molecular flexibility index (Phi) is 7.21. The van der Waals surface area contributed by atoms with Gasteiger partial charge in [0.1, 0.15) is 6.61 Å². The molecule has 4 heteroatoms. The summed E-state index contributed by atoms with van der Waals surface area (Å²) in [5.41, 5.74) is 2.24. The molecule has 1 rings (SSSR count). The summed E-state index contributed by atoms with van der Waals surface area (Å²) in [6.07, 6.45) is 2.99. The molecule has 3 nitrogen and oxygen atoms in total. The number of carbonyl (C=O) groups is 1. The molecule has 20 heavy (non-hydrogen) atoms. The second-order valence-electron chi connectivity index (χ2n) is 4.66. The first-order valence-corrected chi connectivity index (χ1v) is 7.98. The van der Waals surface area contributed by atoms with Gasteiger partial charge in [-0.15, -0.1) is 0 Å². The summed E-state index contributed by atoms with van der Waals surface area (Å²) in [5.74, 6) is 6.33. The number of thioether (sulfide) groups is 1.